The molecule has 0 aliphatic rings. The molecule has 1 atom stereocenters. The van der Waals surface area contributed by atoms with Crippen molar-refractivity contribution in [2.24, 2.45) is 4.99 Å². The summed E-state index contributed by atoms with van der Waals surface area (Å²) in [5.41, 5.74) is 3.86. The molecule has 4 nitrogen and oxygen atoms in total. The molecule has 0 saturated heterocycles. The first-order valence-corrected chi connectivity index (χ1v) is 9.60. The standard InChI is InChI=1S/C23H21Cl2N3O/c1-14-11-18(12-15(2)20(14)13-26)23(29)28-22(17-6-8-19(25)9-7-17)21(27-4)10-5-16(3)24/h5-12,22H,4H2,1-3H3,(H,28,29)/b16-5+,21-10-/t22-/m0/s1. The average Bonchev–Trinajstić information content (AvgIpc) is 2.67. The Morgan fingerprint density at radius 1 is 1.21 bits per heavy atom. The number of halogens is 2. The smallest absolute Gasteiger partial charge is 0.252 e. The van der Waals surface area contributed by atoms with Gasteiger partial charge in [-0.3, -0.25) is 9.79 Å². The molecule has 0 bridgehead atoms. The second kappa shape index (κ2) is 10.1. The zero-order valence-corrected chi connectivity index (χ0v) is 18.0. The van der Waals surface area contributed by atoms with E-state index in [2.05, 4.69) is 23.1 Å². The summed E-state index contributed by atoms with van der Waals surface area (Å²) in [5.74, 6) is -0.290. The van der Waals surface area contributed by atoms with Crippen LogP contribution in [0.4, 0.5) is 0 Å². The van der Waals surface area contributed by atoms with Gasteiger partial charge in [-0.15, -0.1) is 0 Å². The Kier molecular flexibility index (Phi) is 7.78. The van der Waals surface area contributed by atoms with Crippen LogP contribution in [0.3, 0.4) is 0 Å². The van der Waals surface area contributed by atoms with Gasteiger partial charge in [0.1, 0.15) is 0 Å². The minimum absolute atomic E-state index is 0.290. The lowest BCUT2D eigenvalue weighted by molar-refractivity contribution is 0.0942. The molecule has 0 spiro atoms. The largest absolute Gasteiger partial charge is 0.340 e. The fourth-order valence-electron chi connectivity index (χ4n) is 2.91. The average molecular weight is 426 g/mol. The third-order valence-corrected chi connectivity index (χ3v) is 4.73. The molecule has 0 unspecified atom stereocenters. The quantitative estimate of drug-likeness (QED) is 0.453. The number of rotatable bonds is 6. The lowest BCUT2D eigenvalue weighted by Gasteiger charge is -2.20. The van der Waals surface area contributed by atoms with Crippen LogP contribution in [-0.2, 0) is 0 Å². The lowest BCUT2D eigenvalue weighted by atomic mass is 9.98. The fourth-order valence-corrected chi connectivity index (χ4v) is 3.10. The highest BCUT2D eigenvalue weighted by Crippen LogP contribution is 2.26. The Labute approximate surface area is 181 Å². The van der Waals surface area contributed by atoms with Crippen molar-refractivity contribution in [2.45, 2.75) is 26.8 Å². The number of nitrogens with zero attached hydrogens (tertiary/aromatic N) is 2. The van der Waals surface area contributed by atoms with E-state index in [1.165, 1.54) is 0 Å². The molecule has 0 aromatic heterocycles. The van der Waals surface area contributed by atoms with Crippen molar-refractivity contribution >= 4 is 35.8 Å². The van der Waals surface area contributed by atoms with Crippen molar-refractivity contribution in [3.63, 3.8) is 0 Å². The van der Waals surface area contributed by atoms with Gasteiger partial charge in [0.2, 0.25) is 0 Å². The van der Waals surface area contributed by atoms with E-state index in [-0.39, 0.29) is 5.91 Å². The molecule has 6 heteroatoms. The van der Waals surface area contributed by atoms with E-state index in [1.807, 2.05) is 26.0 Å². The van der Waals surface area contributed by atoms with Gasteiger partial charge in [-0.2, -0.15) is 5.26 Å². The Bertz CT molecular complexity index is 1000. The van der Waals surface area contributed by atoms with E-state index in [0.29, 0.717) is 26.9 Å². The second-order valence-electron chi connectivity index (χ2n) is 6.56. The summed E-state index contributed by atoms with van der Waals surface area (Å²) in [7, 11) is 0. The minimum Gasteiger partial charge on any atom is -0.340 e. The number of nitriles is 1. The number of aliphatic imine (C=N–C) groups is 1. The normalized spacial score (nSPS) is 12.8. The summed E-state index contributed by atoms with van der Waals surface area (Å²) >= 11 is 11.9. The predicted octanol–water partition coefficient (Wildman–Crippen LogP) is 6.03. The topological polar surface area (TPSA) is 65.2 Å². The number of carbonyl (C=O) groups excluding carboxylic acids is 1. The van der Waals surface area contributed by atoms with Crippen LogP contribution in [0.5, 0.6) is 0 Å². The van der Waals surface area contributed by atoms with Crippen LogP contribution >= 0.6 is 23.2 Å². The number of hydrogen-bond acceptors (Lipinski definition) is 3. The monoisotopic (exact) mass is 425 g/mol. The second-order valence-corrected chi connectivity index (χ2v) is 7.59. The summed E-state index contributed by atoms with van der Waals surface area (Å²) in [6.07, 6.45) is 3.40. The van der Waals surface area contributed by atoms with Crippen molar-refractivity contribution in [2.75, 3.05) is 0 Å². The third kappa shape index (κ3) is 5.80. The van der Waals surface area contributed by atoms with E-state index in [0.717, 1.165) is 16.7 Å². The molecule has 2 aromatic rings. The maximum absolute atomic E-state index is 13.0. The maximum Gasteiger partial charge on any atom is 0.252 e. The van der Waals surface area contributed by atoms with Gasteiger partial charge in [-0.05, 0) is 80.6 Å². The van der Waals surface area contributed by atoms with Crippen LogP contribution in [0.1, 0.15) is 45.6 Å². The van der Waals surface area contributed by atoms with E-state index >= 15 is 0 Å². The van der Waals surface area contributed by atoms with Crippen molar-refractivity contribution in [3.05, 3.63) is 92.1 Å². The van der Waals surface area contributed by atoms with E-state index in [1.54, 1.807) is 43.3 Å². The summed E-state index contributed by atoms with van der Waals surface area (Å²) < 4.78 is 0. The van der Waals surface area contributed by atoms with E-state index in [4.69, 9.17) is 23.2 Å². The predicted molar refractivity (Wildman–Crippen MR) is 120 cm³/mol. The first-order valence-electron chi connectivity index (χ1n) is 8.85. The van der Waals surface area contributed by atoms with Crippen LogP contribution in [0, 0.1) is 25.2 Å². The number of aryl methyl sites for hydroxylation is 2. The first-order chi connectivity index (χ1) is 13.8. The van der Waals surface area contributed by atoms with Crippen molar-refractivity contribution in [3.8, 4) is 6.07 Å². The molecule has 0 aliphatic carbocycles. The van der Waals surface area contributed by atoms with Gasteiger partial charge >= 0.3 is 0 Å². The molecule has 0 radical (unpaired) electrons. The number of nitrogens with one attached hydrogen (secondary N) is 1. The van der Waals surface area contributed by atoms with Crippen LogP contribution in [0.2, 0.25) is 5.02 Å². The molecule has 148 valence electrons. The van der Waals surface area contributed by atoms with Crippen molar-refractivity contribution in [1.82, 2.24) is 5.32 Å². The molecule has 29 heavy (non-hydrogen) atoms. The van der Waals surface area contributed by atoms with E-state index < -0.39 is 6.04 Å². The maximum atomic E-state index is 13.0. The van der Waals surface area contributed by atoms with Crippen LogP contribution in [0.25, 0.3) is 0 Å². The Hall–Kier alpha value is -2.87. The highest BCUT2D eigenvalue weighted by Gasteiger charge is 2.20. The van der Waals surface area contributed by atoms with Gasteiger partial charge in [0.25, 0.3) is 5.91 Å². The Balaban J connectivity index is 2.47. The molecule has 0 saturated carbocycles. The molecule has 2 rings (SSSR count). The van der Waals surface area contributed by atoms with Gasteiger partial charge in [0.05, 0.1) is 23.4 Å². The minimum atomic E-state index is -0.555. The van der Waals surface area contributed by atoms with Crippen LogP contribution in [0.15, 0.2) is 64.3 Å². The summed E-state index contributed by atoms with van der Waals surface area (Å²) in [6, 6.07) is 12.1. The van der Waals surface area contributed by atoms with Gasteiger partial charge in [0, 0.05) is 15.6 Å². The van der Waals surface area contributed by atoms with Gasteiger partial charge in [-0.1, -0.05) is 35.3 Å². The zero-order valence-electron chi connectivity index (χ0n) is 16.5. The highest BCUT2D eigenvalue weighted by atomic mass is 35.5. The van der Waals surface area contributed by atoms with E-state index in [9.17, 15) is 10.1 Å². The van der Waals surface area contributed by atoms with Gasteiger partial charge in [0.15, 0.2) is 0 Å². The first kappa shape index (κ1) is 22.4. The number of carbonyl (C=O) groups is 1. The molecule has 0 heterocycles. The van der Waals surface area contributed by atoms with Crippen LogP contribution in [-0.4, -0.2) is 12.6 Å². The van der Waals surface area contributed by atoms with Crippen molar-refractivity contribution in [1.29, 1.82) is 5.26 Å². The SMILES string of the molecule is C=N/C(=C\C=C(/C)Cl)[C@@H](NC(=O)c1cc(C)c(C#N)c(C)c1)c1ccc(Cl)cc1. The highest BCUT2D eigenvalue weighted by molar-refractivity contribution is 6.30. The van der Waals surface area contributed by atoms with Crippen LogP contribution < -0.4 is 5.32 Å². The molecule has 2 aromatic carbocycles. The summed E-state index contributed by atoms with van der Waals surface area (Å²) in [5, 5.41) is 13.4. The Morgan fingerprint density at radius 2 is 1.79 bits per heavy atom. The van der Waals surface area contributed by atoms with Gasteiger partial charge < -0.3 is 5.32 Å². The molecule has 1 N–H and O–H groups in total. The lowest BCUT2D eigenvalue weighted by Crippen LogP contribution is -2.29. The third-order valence-electron chi connectivity index (χ3n) is 4.35. The van der Waals surface area contributed by atoms with Gasteiger partial charge in [-0.25, -0.2) is 0 Å². The number of amides is 1. The number of allylic oxidation sites excluding steroid dienone is 3. The summed E-state index contributed by atoms with van der Waals surface area (Å²) in [6.45, 7) is 9.00. The van der Waals surface area contributed by atoms with Crippen molar-refractivity contribution < 1.29 is 4.79 Å². The molecule has 1 amide bonds. The Morgan fingerprint density at radius 3 is 2.28 bits per heavy atom. The molecular weight excluding hydrogens is 405 g/mol. The number of hydrogen-bond donors (Lipinski definition) is 1. The summed E-state index contributed by atoms with van der Waals surface area (Å²) in [4.78, 5) is 17.1. The fraction of sp³-hybridized carbons (Fsp3) is 0.174. The molecular formula is C23H21Cl2N3O. The zero-order chi connectivity index (χ0) is 21.6. The molecule has 0 aliphatic heterocycles. The number of benzene rings is 2. The molecule has 0 fully saturated rings.